The number of phenolic OH excluding ortho intramolecular Hbond substituents is 3. The minimum atomic E-state index is -2.18. The van der Waals surface area contributed by atoms with Gasteiger partial charge < -0.3 is 29.9 Å². The number of aromatic hydroxyl groups is 3. The van der Waals surface area contributed by atoms with E-state index in [9.17, 15) is 39.3 Å². The van der Waals surface area contributed by atoms with Gasteiger partial charge in [0.1, 0.15) is 29.8 Å². The van der Waals surface area contributed by atoms with E-state index in [1.54, 1.807) is 36.4 Å². The zero-order chi connectivity index (χ0) is 31.9. The molecule has 0 unspecified atom stereocenters. The zero-order valence-corrected chi connectivity index (χ0v) is 23.7. The number of carbonyl (C=O) groups is 4. The van der Waals surface area contributed by atoms with Gasteiger partial charge in [0.25, 0.3) is 5.56 Å². The van der Waals surface area contributed by atoms with Crippen LogP contribution < -0.4 is 5.56 Å². The first-order chi connectivity index (χ1) is 21.6. The molecule has 1 aromatic heterocycles. The van der Waals surface area contributed by atoms with E-state index in [-0.39, 0.29) is 29.5 Å². The molecule has 0 bridgehead atoms. The summed E-state index contributed by atoms with van der Waals surface area (Å²) in [6.45, 7) is 0. The van der Waals surface area contributed by atoms with Crippen molar-refractivity contribution in [2.24, 2.45) is 5.16 Å². The minimum Gasteiger partial charge on any atom is -0.507 e. The van der Waals surface area contributed by atoms with Crippen LogP contribution in [0, 0.1) is 0 Å². The van der Waals surface area contributed by atoms with Crippen LogP contribution in [0.5, 0.6) is 17.2 Å². The van der Waals surface area contributed by atoms with Crippen LogP contribution in [0.4, 0.5) is 0 Å². The molecule has 3 aliphatic rings. The number of aromatic nitrogens is 1. The van der Waals surface area contributed by atoms with Crippen LogP contribution in [0.3, 0.4) is 0 Å². The van der Waals surface area contributed by atoms with Gasteiger partial charge in [0, 0.05) is 17.0 Å². The van der Waals surface area contributed by atoms with Gasteiger partial charge in [-0.25, -0.2) is 0 Å². The topological polar surface area (TPSA) is 193 Å². The maximum absolute atomic E-state index is 14.4. The van der Waals surface area contributed by atoms with E-state index in [2.05, 4.69) is 10.1 Å². The van der Waals surface area contributed by atoms with E-state index < -0.39 is 79.4 Å². The average molecular weight is 607 g/mol. The first kappa shape index (κ1) is 27.8. The molecule has 4 aromatic rings. The van der Waals surface area contributed by atoms with Crippen LogP contribution in [0.2, 0.25) is 0 Å². The first-order valence-electron chi connectivity index (χ1n) is 13.7. The number of pyridine rings is 1. The highest BCUT2D eigenvalue weighted by Gasteiger charge is 2.62. The number of Topliss-reactive ketones (excluding diaryl/α,β-unsaturated/α-hetero) is 3. The molecule has 12 nitrogen and oxygen atoms in total. The third kappa shape index (κ3) is 3.41. The number of methoxy groups -OCH3 is 1. The summed E-state index contributed by atoms with van der Waals surface area (Å²) in [5.41, 5.74) is -3.88. The van der Waals surface area contributed by atoms with Crippen LogP contribution in [0.1, 0.15) is 64.7 Å². The van der Waals surface area contributed by atoms with Crippen molar-refractivity contribution >= 4 is 40.1 Å². The van der Waals surface area contributed by atoms with Crippen molar-refractivity contribution < 1.29 is 44.1 Å². The zero-order valence-electron chi connectivity index (χ0n) is 23.7. The molecule has 0 aliphatic heterocycles. The quantitative estimate of drug-likeness (QED) is 0.116. The summed E-state index contributed by atoms with van der Waals surface area (Å²) in [4.78, 5) is 75.7. The summed E-state index contributed by atoms with van der Waals surface area (Å²) in [7, 11) is 2.47. The Bertz CT molecular complexity index is 2210. The Morgan fingerprint density at radius 2 is 1.53 bits per heavy atom. The van der Waals surface area contributed by atoms with Crippen molar-refractivity contribution in [3.05, 3.63) is 97.7 Å². The highest BCUT2D eigenvalue weighted by Crippen LogP contribution is 2.59. The number of hydrogen-bond donors (Lipinski definition) is 4. The molecule has 0 radical (unpaired) electrons. The van der Waals surface area contributed by atoms with Gasteiger partial charge in [-0.15, -0.1) is 0 Å². The van der Waals surface area contributed by atoms with E-state index in [4.69, 9.17) is 9.57 Å². The third-order valence-corrected chi connectivity index (χ3v) is 8.79. The highest BCUT2D eigenvalue weighted by molar-refractivity contribution is 6.39. The van der Waals surface area contributed by atoms with Crippen molar-refractivity contribution in [3.8, 4) is 28.4 Å². The summed E-state index contributed by atoms with van der Waals surface area (Å²) < 4.78 is 4.95. The number of nitrogens with one attached hydrogen (secondary N) is 1. The van der Waals surface area contributed by atoms with Crippen LogP contribution in [-0.2, 0) is 21.4 Å². The number of ketones is 4. The van der Waals surface area contributed by atoms with E-state index in [1.807, 2.05) is 0 Å². The molecule has 12 heteroatoms. The lowest BCUT2D eigenvalue weighted by atomic mass is 9.75. The monoisotopic (exact) mass is 606 g/mol. The lowest BCUT2D eigenvalue weighted by Crippen LogP contribution is -2.36. The minimum absolute atomic E-state index is 0.0807. The average Bonchev–Trinajstić information content (AvgIpc) is 3.53. The van der Waals surface area contributed by atoms with Gasteiger partial charge in [0.05, 0.1) is 46.7 Å². The third-order valence-electron chi connectivity index (χ3n) is 8.79. The molecule has 45 heavy (non-hydrogen) atoms. The number of benzene rings is 3. The fourth-order valence-corrected chi connectivity index (χ4v) is 6.97. The van der Waals surface area contributed by atoms with Gasteiger partial charge >= 0.3 is 0 Å². The normalized spacial score (nSPS) is 18.5. The van der Waals surface area contributed by atoms with Gasteiger partial charge in [0.2, 0.25) is 5.78 Å². The van der Waals surface area contributed by atoms with Crippen LogP contribution in [-0.4, -0.2) is 63.9 Å². The molecule has 0 amide bonds. The molecule has 3 aromatic carbocycles. The van der Waals surface area contributed by atoms with Gasteiger partial charge in [-0.3, -0.25) is 24.0 Å². The lowest BCUT2D eigenvalue weighted by molar-refractivity contribution is 0.0790. The lowest BCUT2D eigenvalue weighted by Gasteiger charge is -2.24. The molecule has 1 atom stereocenters. The SMILES string of the molecule is CO/N=C/c1cc2c(-c3ccccc3)c3c(c(O)c2c(=O)[nH]1)[C@@]1(CC3)C(=O)c2c(O)c3c(c(O)c2C1=O)C(=O)C(OC)=CC3=O. The standard InChI is InChI=1S/C33H22N2O10/c1-44-18-11-17(36)21-22(26(18)37)28(39)24-23(27(21)38)30(41)33(31(24)42)9-8-15-19(13-6-4-3-5-7-13)16-10-14(12-34-45-2)35-32(43)20(16)29(40)25(15)33/h3-7,10-12,38-40H,8-9H2,1-2H3,(H,35,43)/b34-12+/t33-/m0/s1. The molecular weight excluding hydrogens is 584 g/mol. The molecule has 0 saturated carbocycles. The smallest absolute Gasteiger partial charge is 0.260 e. The predicted octanol–water partition coefficient (Wildman–Crippen LogP) is 3.46. The van der Waals surface area contributed by atoms with Gasteiger partial charge in [0.15, 0.2) is 23.1 Å². The number of rotatable bonds is 4. The number of aromatic amines is 1. The van der Waals surface area contributed by atoms with Crippen LogP contribution in [0.15, 0.2) is 58.2 Å². The van der Waals surface area contributed by atoms with E-state index in [0.717, 1.165) is 13.2 Å². The largest absolute Gasteiger partial charge is 0.507 e. The Morgan fingerprint density at radius 1 is 0.867 bits per heavy atom. The number of fused-ring (bicyclic) bond motifs is 5. The summed E-state index contributed by atoms with van der Waals surface area (Å²) in [5.74, 6) is -6.78. The number of H-pyrrole nitrogens is 1. The van der Waals surface area contributed by atoms with Gasteiger partial charge in [-0.1, -0.05) is 35.5 Å². The van der Waals surface area contributed by atoms with Crippen molar-refractivity contribution in [1.29, 1.82) is 0 Å². The number of oxime groups is 1. The van der Waals surface area contributed by atoms with E-state index >= 15 is 0 Å². The fraction of sp³-hybridized carbons (Fsp3) is 0.152. The van der Waals surface area contributed by atoms with Gasteiger partial charge in [-0.05, 0) is 35.6 Å². The second-order valence-electron chi connectivity index (χ2n) is 10.9. The number of allylic oxidation sites excluding steroid dienone is 2. The Hall–Kier alpha value is -6.04. The molecule has 1 heterocycles. The Labute approximate surface area is 252 Å². The van der Waals surface area contributed by atoms with Crippen LogP contribution in [0.25, 0.3) is 21.9 Å². The fourth-order valence-electron chi connectivity index (χ4n) is 6.97. The number of carbonyl (C=O) groups excluding carboxylic acids is 4. The molecule has 1 spiro atoms. The Balaban J connectivity index is 1.56. The summed E-state index contributed by atoms with van der Waals surface area (Å²) in [5, 5.41) is 38.2. The highest BCUT2D eigenvalue weighted by atomic mass is 16.6. The molecule has 224 valence electrons. The predicted molar refractivity (Wildman–Crippen MR) is 158 cm³/mol. The van der Waals surface area contributed by atoms with Crippen molar-refractivity contribution in [2.75, 3.05) is 14.2 Å². The maximum Gasteiger partial charge on any atom is 0.260 e. The number of phenols is 3. The second-order valence-corrected chi connectivity index (χ2v) is 10.9. The van der Waals surface area contributed by atoms with E-state index in [1.165, 1.54) is 13.3 Å². The Morgan fingerprint density at radius 3 is 2.18 bits per heavy atom. The molecule has 0 fully saturated rings. The molecule has 3 aliphatic carbocycles. The number of ether oxygens (including phenoxy) is 1. The van der Waals surface area contributed by atoms with Crippen molar-refractivity contribution in [2.45, 2.75) is 18.3 Å². The summed E-state index contributed by atoms with van der Waals surface area (Å²) >= 11 is 0. The molecular formula is C33H22N2O10. The van der Waals surface area contributed by atoms with E-state index in [0.29, 0.717) is 22.1 Å². The van der Waals surface area contributed by atoms with Crippen molar-refractivity contribution in [1.82, 2.24) is 4.98 Å². The second kappa shape index (κ2) is 9.48. The Kier molecular flexibility index (Phi) is 5.85. The van der Waals surface area contributed by atoms with Crippen molar-refractivity contribution in [3.63, 3.8) is 0 Å². The summed E-state index contributed by atoms with van der Waals surface area (Å²) in [6, 6.07) is 10.5. The summed E-state index contributed by atoms with van der Waals surface area (Å²) in [6.07, 6.45) is 1.99. The number of nitrogens with zero attached hydrogens (tertiary/aromatic N) is 1. The molecule has 0 saturated heterocycles. The van der Waals surface area contributed by atoms with Gasteiger partial charge in [-0.2, -0.15) is 0 Å². The maximum atomic E-state index is 14.4. The molecule has 4 N–H and O–H groups in total. The number of hydrogen-bond acceptors (Lipinski definition) is 11. The molecule has 7 rings (SSSR count). The van der Waals surface area contributed by atoms with Crippen LogP contribution >= 0.6 is 0 Å². The first-order valence-corrected chi connectivity index (χ1v) is 13.7.